The van der Waals surface area contributed by atoms with Crippen molar-refractivity contribution in [1.82, 2.24) is 10.6 Å². The van der Waals surface area contributed by atoms with Crippen LogP contribution in [0.5, 0.6) is 0 Å². The summed E-state index contributed by atoms with van der Waals surface area (Å²) in [5.41, 5.74) is -0.523. The van der Waals surface area contributed by atoms with Gasteiger partial charge < -0.3 is 15.4 Å². The number of ether oxygens (including phenoxy) is 1. The van der Waals surface area contributed by atoms with Crippen LogP contribution in [0.1, 0.15) is 47.5 Å². The Bertz CT molecular complexity index is 389. The van der Waals surface area contributed by atoms with Crippen molar-refractivity contribution in [2.45, 2.75) is 59.1 Å². The van der Waals surface area contributed by atoms with Gasteiger partial charge in [-0.1, -0.05) is 26.0 Å². The van der Waals surface area contributed by atoms with Crippen LogP contribution >= 0.6 is 0 Å². The normalized spacial score (nSPS) is 16.9. The van der Waals surface area contributed by atoms with Gasteiger partial charge in [-0.25, -0.2) is 4.79 Å². The first-order valence-corrected chi connectivity index (χ1v) is 7.61. The van der Waals surface area contributed by atoms with E-state index < -0.39 is 11.7 Å². The van der Waals surface area contributed by atoms with Crippen LogP contribution < -0.4 is 10.6 Å². The van der Waals surface area contributed by atoms with Gasteiger partial charge in [0.05, 0.1) is 6.04 Å². The lowest BCUT2D eigenvalue weighted by atomic mass is 10.0. The molecule has 0 aromatic heterocycles. The molecular formula is C16H28N2O3. The summed E-state index contributed by atoms with van der Waals surface area (Å²) in [7, 11) is 0. The largest absolute Gasteiger partial charge is 0.444 e. The molecule has 1 aliphatic carbocycles. The third kappa shape index (κ3) is 6.65. The summed E-state index contributed by atoms with van der Waals surface area (Å²) in [6, 6.07) is -0.141. The Morgan fingerprint density at radius 3 is 2.29 bits per heavy atom. The Morgan fingerprint density at radius 1 is 1.24 bits per heavy atom. The van der Waals surface area contributed by atoms with Gasteiger partial charge in [0.25, 0.3) is 0 Å². The molecule has 0 saturated heterocycles. The molecule has 5 nitrogen and oxygen atoms in total. The van der Waals surface area contributed by atoms with Crippen LogP contribution in [0.4, 0.5) is 4.79 Å². The van der Waals surface area contributed by atoms with Crippen molar-refractivity contribution in [2.24, 2.45) is 11.8 Å². The maximum Gasteiger partial charge on any atom is 0.407 e. The zero-order chi connectivity index (χ0) is 16.0. The van der Waals surface area contributed by atoms with Gasteiger partial charge in [0.1, 0.15) is 5.60 Å². The van der Waals surface area contributed by atoms with E-state index in [1.165, 1.54) is 0 Å². The van der Waals surface area contributed by atoms with E-state index in [-0.39, 0.29) is 23.8 Å². The highest BCUT2D eigenvalue weighted by Crippen LogP contribution is 2.17. The van der Waals surface area contributed by atoms with Crippen LogP contribution in [0.15, 0.2) is 12.2 Å². The number of carbonyl (C=O) groups excluding carboxylic acids is 2. The highest BCUT2D eigenvalue weighted by atomic mass is 16.6. The fraction of sp³-hybridized carbons (Fsp3) is 0.750. The van der Waals surface area contributed by atoms with Gasteiger partial charge in [-0.15, -0.1) is 0 Å². The summed E-state index contributed by atoms with van der Waals surface area (Å²) in [5, 5.41) is 5.75. The minimum Gasteiger partial charge on any atom is -0.444 e. The minimum absolute atomic E-state index is 0.0411. The molecule has 0 heterocycles. The molecule has 0 bridgehead atoms. The molecule has 0 unspecified atom stereocenters. The smallest absolute Gasteiger partial charge is 0.407 e. The monoisotopic (exact) mass is 296 g/mol. The molecule has 0 saturated carbocycles. The van der Waals surface area contributed by atoms with Gasteiger partial charge in [-0.05, 0) is 39.5 Å². The van der Waals surface area contributed by atoms with Gasteiger partial charge in [0.15, 0.2) is 0 Å². The molecule has 0 aliphatic heterocycles. The number of hydrogen-bond acceptors (Lipinski definition) is 3. The molecule has 0 aromatic carbocycles. The molecule has 0 aromatic rings. The lowest BCUT2D eigenvalue weighted by molar-refractivity contribution is -0.124. The zero-order valence-corrected chi connectivity index (χ0v) is 13.7. The molecule has 1 aliphatic rings. The summed E-state index contributed by atoms with van der Waals surface area (Å²) in [4.78, 5) is 23.8. The van der Waals surface area contributed by atoms with E-state index >= 15 is 0 Å². The number of rotatable bonds is 5. The molecule has 0 radical (unpaired) electrons. The second-order valence-corrected chi connectivity index (χ2v) is 6.88. The third-order valence-electron chi connectivity index (χ3n) is 3.38. The second-order valence-electron chi connectivity index (χ2n) is 6.88. The summed E-state index contributed by atoms with van der Waals surface area (Å²) in [6.45, 7) is 9.91. The van der Waals surface area contributed by atoms with E-state index in [1.807, 2.05) is 46.8 Å². The number of hydrogen-bond donors (Lipinski definition) is 2. The fourth-order valence-electron chi connectivity index (χ4n) is 2.10. The van der Waals surface area contributed by atoms with Gasteiger partial charge >= 0.3 is 6.09 Å². The molecule has 21 heavy (non-hydrogen) atoms. The van der Waals surface area contributed by atoms with Crippen molar-refractivity contribution in [1.29, 1.82) is 0 Å². The molecule has 0 spiro atoms. The summed E-state index contributed by atoms with van der Waals surface area (Å²) in [5.74, 6) is 0.301. The van der Waals surface area contributed by atoms with Crippen LogP contribution in [0.25, 0.3) is 0 Å². The number of carbonyl (C=O) groups is 2. The van der Waals surface area contributed by atoms with E-state index in [1.54, 1.807) is 0 Å². The van der Waals surface area contributed by atoms with E-state index in [4.69, 9.17) is 4.74 Å². The average Bonchev–Trinajstić information content (AvgIpc) is 2.85. The topological polar surface area (TPSA) is 67.4 Å². The van der Waals surface area contributed by atoms with E-state index in [9.17, 15) is 9.59 Å². The lowest BCUT2D eigenvalue weighted by Gasteiger charge is -2.26. The molecular weight excluding hydrogens is 268 g/mol. The molecule has 2 N–H and O–H groups in total. The van der Waals surface area contributed by atoms with Crippen LogP contribution in [-0.2, 0) is 9.53 Å². The second kappa shape index (κ2) is 7.48. The first-order chi connectivity index (χ1) is 9.69. The predicted octanol–water partition coefficient (Wildman–Crippen LogP) is 2.62. The Hall–Kier alpha value is -1.52. The van der Waals surface area contributed by atoms with Crippen molar-refractivity contribution >= 4 is 12.0 Å². The maximum absolute atomic E-state index is 12.0. The van der Waals surface area contributed by atoms with Crippen molar-refractivity contribution in [3.8, 4) is 0 Å². The predicted molar refractivity (Wildman–Crippen MR) is 82.9 cm³/mol. The molecule has 2 amide bonds. The molecule has 1 atom stereocenters. The first kappa shape index (κ1) is 17.5. The minimum atomic E-state index is -0.523. The number of nitrogens with one attached hydrogen (secondary N) is 2. The number of alkyl carbamates (subject to hydrolysis) is 1. The van der Waals surface area contributed by atoms with Crippen LogP contribution in [0.3, 0.4) is 0 Å². The summed E-state index contributed by atoms with van der Waals surface area (Å²) in [6.07, 6.45) is 5.22. The summed E-state index contributed by atoms with van der Waals surface area (Å²) >= 11 is 0. The van der Waals surface area contributed by atoms with Gasteiger partial charge in [0, 0.05) is 12.5 Å². The van der Waals surface area contributed by atoms with E-state index in [0.717, 1.165) is 12.8 Å². The third-order valence-corrected chi connectivity index (χ3v) is 3.38. The highest BCUT2D eigenvalue weighted by molar-refractivity contribution is 5.79. The first-order valence-electron chi connectivity index (χ1n) is 7.61. The molecule has 120 valence electrons. The Balaban J connectivity index is 2.42. The van der Waals surface area contributed by atoms with Crippen LogP contribution in [0, 0.1) is 11.8 Å². The molecule has 0 fully saturated rings. The Morgan fingerprint density at radius 2 is 1.81 bits per heavy atom. The van der Waals surface area contributed by atoms with Crippen LogP contribution in [0.2, 0.25) is 0 Å². The maximum atomic E-state index is 12.0. The summed E-state index contributed by atoms with van der Waals surface area (Å²) < 4.78 is 5.25. The van der Waals surface area contributed by atoms with Crippen molar-refractivity contribution in [3.05, 3.63) is 12.2 Å². The SMILES string of the molecule is CC(C)[C@H](CNC(=O)C1CC=CC1)NC(=O)OC(C)(C)C. The Kier molecular flexibility index (Phi) is 6.24. The Labute approximate surface area is 127 Å². The average molecular weight is 296 g/mol. The van der Waals surface area contributed by atoms with Gasteiger partial charge in [-0.3, -0.25) is 4.79 Å². The molecule has 1 rings (SSSR count). The van der Waals surface area contributed by atoms with Crippen molar-refractivity contribution in [3.63, 3.8) is 0 Å². The molecule has 5 heteroatoms. The van der Waals surface area contributed by atoms with Crippen LogP contribution in [-0.4, -0.2) is 30.2 Å². The van der Waals surface area contributed by atoms with E-state index in [0.29, 0.717) is 6.54 Å². The lowest BCUT2D eigenvalue weighted by Crippen LogP contribution is -2.48. The highest BCUT2D eigenvalue weighted by Gasteiger charge is 2.24. The van der Waals surface area contributed by atoms with Crippen molar-refractivity contribution in [2.75, 3.05) is 6.54 Å². The zero-order valence-electron chi connectivity index (χ0n) is 13.7. The fourth-order valence-corrected chi connectivity index (χ4v) is 2.10. The van der Waals surface area contributed by atoms with Gasteiger partial charge in [-0.2, -0.15) is 0 Å². The van der Waals surface area contributed by atoms with Crippen molar-refractivity contribution < 1.29 is 14.3 Å². The van der Waals surface area contributed by atoms with E-state index in [2.05, 4.69) is 10.6 Å². The number of allylic oxidation sites excluding steroid dienone is 2. The van der Waals surface area contributed by atoms with Gasteiger partial charge in [0.2, 0.25) is 5.91 Å². The standard InChI is InChI=1S/C16H28N2O3/c1-11(2)13(18-15(20)21-16(3,4)5)10-17-14(19)12-8-6-7-9-12/h6-7,11-13H,8-10H2,1-5H3,(H,17,19)(H,18,20)/t13-/m0/s1. The number of amides is 2. The quantitative estimate of drug-likeness (QED) is 0.766.